The van der Waals surface area contributed by atoms with Crippen LogP contribution in [0.5, 0.6) is 0 Å². The van der Waals surface area contributed by atoms with Gasteiger partial charge in [-0.3, -0.25) is 4.99 Å². The van der Waals surface area contributed by atoms with Crippen molar-refractivity contribution in [3.05, 3.63) is 54.1 Å². The number of guanidine groups is 1. The lowest BCUT2D eigenvalue weighted by molar-refractivity contribution is 0.0448. The van der Waals surface area contributed by atoms with Gasteiger partial charge in [-0.1, -0.05) is 38.1 Å². The number of amides is 1. The third kappa shape index (κ3) is 8.24. The Hall–Kier alpha value is -3.03. The number of rotatable bonds is 9. The molecular formula is C24H38N6O2. The molecule has 0 aliphatic heterocycles. The van der Waals surface area contributed by atoms with Gasteiger partial charge in [0.15, 0.2) is 5.96 Å². The Morgan fingerprint density at radius 2 is 1.75 bits per heavy atom. The monoisotopic (exact) mass is 442 g/mol. The molecule has 2 aromatic rings. The number of hydrogen-bond acceptors (Lipinski definition) is 4. The summed E-state index contributed by atoms with van der Waals surface area (Å²) >= 11 is 0. The fourth-order valence-corrected chi connectivity index (χ4v) is 3.25. The number of carbonyl (C=O) groups excluding carboxylic acids is 1. The quantitative estimate of drug-likeness (QED) is 0.407. The van der Waals surface area contributed by atoms with E-state index in [0.717, 1.165) is 24.9 Å². The van der Waals surface area contributed by atoms with Crippen LogP contribution in [0.15, 0.2) is 48.0 Å². The Kier molecular flexibility index (Phi) is 9.11. The molecule has 0 bridgehead atoms. The van der Waals surface area contributed by atoms with Gasteiger partial charge in [-0.25, -0.2) is 9.78 Å². The van der Waals surface area contributed by atoms with Crippen LogP contribution in [0, 0.1) is 0 Å². The first kappa shape index (κ1) is 25.2. The number of nitrogens with zero attached hydrogens (tertiary/aromatic N) is 3. The van der Waals surface area contributed by atoms with Crippen LogP contribution in [-0.2, 0) is 17.8 Å². The molecule has 3 N–H and O–H groups in total. The van der Waals surface area contributed by atoms with E-state index in [1.807, 2.05) is 37.9 Å². The highest BCUT2D eigenvalue weighted by Crippen LogP contribution is 2.16. The van der Waals surface area contributed by atoms with E-state index in [1.165, 1.54) is 5.56 Å². The highest BCUT2D eigenvalue weighted by Gasteiger charge is 2.30. The van der Waals surface area contributed by atoms with Crippen LogP contribution < -0.4 is 16.0 Å². The van der Waals surface area contributed by atoms with Crippen molar-refractivity contribution < 1.29 is 9.53 Å². The minimum absolute atomic E-state index is 0.401. The predicted molar refractivity (Wildman–Crippen MR) is 129 cm³/mol. The van der Waals surface area contributed by atoms with Gasteiger partial charge in [0.1, 0.15) is 5.60 Å². The fourth-order valence-electron chi connectivity index (χ4n) is 3.25. The molecule has 176 valence electrons. The molecule has 32 heavy (non-hydrogen) atoms. The fraction of sp³-hybridized carbons (Fsp3) is 0.542. The first-order chi connectivity index (χ1) is 15.2. The third-order valence-electron chi connectivity index (χ3n) is 5.34. The van der Waals surface area contributed by atoms with Crippen molar-refractivity contribution in [2.24, 2.45) is 4.99 Å². The molecule has 1 heterocycles. The van der Waals surface area contributed by atoms with Gasteiger partial charge < -0.3 is 25.3 Å². The third-order valence-corrected chi connectivity index (χ3v) is 5.34. The van der Waals surface area contributed by atoms with Gasteiger partial charge in [0.2, 0.25) is 0 Å². The molecule has 1 aromatic heterocycles. The molecule has 2 rings (SSSR count). The van der Waals surface area contributed by atoms with Gasteiger partial charge in [0, 0.05) is 39.1 Å². The summed E-state index contributed by atoms with van der Waals surface area (Å²) < 4.78 is 7.49. The van der Waals surface area contributed by atoms with E-state index in [1.54, 1.807) is 13.2 Å². The van der Waals surface area contributed by atoms with Crippen molar-refractivity contribution in [3.63, 3.8) is 0 Å². The number of ether oxygens (including phenoxy) is 1. The van der Waals surface area contributed by atoms with E-state index in [0.29, 0.717) is 19.0 Å². The predicted octanol–water partition coefficient (Wildman–Crippen LogP) is 3.68. The summed E-state index contributed by atoms with van der Waals surface area (Å²) in [4.78, 5) is 20.7. The highest BCUT2D eigenvalue weighted by atomic mass is 16.6. The van der Waals surface area contributed by atoms with Gasteiger partial charge in [0.05, 0.1) is 11.9 Å². The molecule has 0 fully saturated rings. The van der Waals surface area contributed by atoms with E-state index < -0.39 is 17.2 Å². The summed E-state index contributed by atoms with van der Waals surface area (Å²) in [5.74, 6) is 0.685. The number of aliphatic imine (C=N–C) groups is 1. The SMILES string of the molecule is CCC(CC)(CNC(=NC)NCc1ccc(Cn2ccnc2)cc1)NC(=O)OC(C)(C)C. The maximum absolute atomic E-state index is 12.3. The Morgan fingerprint density at radius 1 is 1.09 bits per heavy atom. The van der Waals surface area contributed by atoms with Crippen LogP contribution in [0.1, 0.15) is 58.6 Å². The molecule has 0 atom stereocenters. The maximum Gasteiger partial charge on any atom is 0.408 e. The number of nitrogens with one attached hydrogen (secondary N) is 3. The molecule has 0 aliphatic carbocycles. The molecule has 1 amide bonds. The molecular weight excluding hydrogens is 404 g/mol. The van der Waals surface area contributed by atoms with E-state index in [4.69, 9.17) is 4.74 Å². The molecule has 0 unspecified atom stereocenters. The van der Waals surface area contributed by atoms with Gasteiger partial charge in [-0.05, 0) is 44.7 Å². The molecule has 0 saturated carbocycles. The van der Waals surface area contributed by atoms with Gasteiger partial charge >= 0.3 is 6.09 Å². The summed E-state index contributed by atoms with van der Waals surface area (Å²) in [6.07, 6.45) is 6.69. The maximum atomic E-state index is 12.3. The standard InChI is InChI=1S/C24H38N6O2/c1-7-24(8-2,29-22(31)32-23(3,4)5)17-28-21(25-6)27-15-19-9-11-20(12-10-19)16-30-14-13-26-18-30/h9-14,18H,7-8,15-17H2,1-6H3,(H,29,31)(H2,25,27,28). The number of imidazole rings is 1. The summed E-state index contributed by atoms with van der Waals surface area (Å²) in [5, 5.41) is 9.74. The van der Waals surface area contributed by atoms with E-state index in [9.17, 15) is 4.79 Å². The lowest BCUT2D eigenvalue weighted by Gasteiger charge is -2.34. The number of carbonyl (C=O) groups is 1. The van der Waals surface area contributed by atoms with E-state index in [-0.39, 0.29) is 0 Å². The number of benzene rings is 1. The highest BCUT2D eigenvalue weighted by molar-refractivity contribution is 5.79. The molecule has 0 aliphatic rings. The van der Waals surface area contributed by atoms with E-state index in [2.05, 4.69) is 64.0 Å². The van der Waals surface area contributed by atoms with E-state index >= 15 is 0 Å². The van der Waals surface area contributed by atoms with Crippen LogP contribution in [-0.4, -0.2) is 46.3 Å². The lowest BCUT2D eigenvalue weighted by Crippen LogP contribution is -2.57. The zero-order chi connectivity index (χ0) is 23.6. The van der Waals surface area contributed by atoms with Gasteiger partial charge in [0.25, 0.3) is 0 Å². The second-order valence-electron chi connectivity index (χ2n) is 8.95. The average molecular weight is 443 g/mol. The molecule has 8 heteroatoms. The minimum Gasteiger partial charge on any atom is -0.444 e. The topological polar surface area (TPSA) is 92.6 Å². The van der Waals surface area contributed by atoms with Crippen LogP contribution >= 0.6 is 0 Å². The van der Waals surface area contributed by atoms with Crippen molar-refractivity contribution in [3.8, 4) is 0 Å². The second-order valence-corrected chi connectivity index (χ2v) is 8.95. The van der Waals surface area contributed by atoms with Gasteiger partial charge in [-0.15, -0.1) is 0 Å². The molecule has 0 saturated heterocycles. The Morgan fingerprint density at radius 3 is 2.28 bits per heavy atom. The molecule has 1 aromatic carbocycles. The zero-order valence-corrected chi connectivity index (χ0v) is 20.2. The van der Waals surface area contributed by atoms with Crippen LogP contribution in [0.2, 0.25) is 0 Å². The molecule has 8 nitrogen and oxygen atoms in total. The van der Waals surface area contributed by atoms with Gasteiger partial charge in [-0.2, -0.15) is 0 Å². The van der Waals surface area contributed by atoms with Crippen molar-refractivity contribution in [2.45, 2.75) is 71.7 Å². The number of aromatic nitrogens is 2. The molecule has 0 spiro atoms. The number of hydrogen-bond donors (Lipinski definition) is 3. The van der Waals surface area contributed by atoms with Crippen LogP contribution in [0.25, 0.3) is 0 Å². The van der Waals surface area contributed by atoms with Crippen molar-refractivity contribution >= 4 is 12.1 Å². The number of alkyl carbamates (subject to hydrolysis) is 1. The summed E-state index contributed by atoms with van der Waals surface area (Å²) in [6.45, 7) is 11.7. The largest absolute Gasteiger partial charge is 0.444 e. The lowest BCUT2D eigenvalue weighted by atomic mass is 9.93. The average Bonchev–Trinajstić information content (AvgIpc) is 3.25. The van der Waals surface area contributed by atoms with Crippen LogP contribution in [0.3, 0.4) is 0 Å². The minimum atomic E-state index is -0.531. The molecule has 0 radical (unpaired) electrons. The Balaban J connectivity index is 1.88. The summed E-state index contributed by atoms with van der Waals surface area (Å²) in [6, 6.07) is 8.46. The second kappa shape index (κ2) is 11.5. The van der Waals surface area contributed by atoms with Crippen molar-refractivity contribution in [1.29, 1.82) is 0 Å². The Labute approximate surface area is 191 Å². The normalized spacial score (nSPS) is 12.4. The summed E-state index contributed by atoms with van der Waals surface area (Å²) in [5.41, 5.74) is 1.43. The first-order valence-electron chi connectivity index (χ1n) is 11.2. The van der Waals surface area contributed by atoms with Crippen molar-refractivity contribution in [2.75, 3.05) is 13.6 Å². The Bertz CT molecular complexity index is 850. The summed E-state index contributed by atoms with van der Waals surface area (Å²) in [7, 11) is 1.74. The van der Waals surface area contributed by atoms with Crippen molar-refractivity contribution in [1.82, 2.24) is 25.5 Å². The van der Waals surface area contributed by atoms with Crippen LogP contribution in [0.4, 0.5) is 4.79 Å². The zero-order valence-electron chi connectivity index (χ0n) is 20.2. The first-order valence-corrected chi connectivity index (χ1v) is 11.2. The smallest absolute Gasteiger partial charge is 0.408 e.